The molecule has 0 saturated carbocycles. The fraction of sp³-hybridized carbons (Fsp3) is 0.500. The van der Waals surface area contributed by atoms with Crippen LogP contribution in [-0.4, -0.2) is 23.4 Å². The second-order valence-corrected chi connectivity index (χ2v) is 3.55. The van der Waals surface area contributed by atoms with Crippen molar-refractivity contribution in [2.75, 3.05) is 6.54 Å². The summed E-state index contributed by atoms with van der Waals surface area (Å²) >= 11 is 0. The summed E-state index contributed by atoms with van der Waals surface area (Å²) in [4.78, 5) is 13.5. The maximum absolute atomic E-state index is 11.7. The van der Waals surface area contributed by atoms with Gasteiger partial charge in [0.25, 0.3) is 5.91 Å². The molecule has 3 heteroatoms. The molecule has 1 aromatic heterocycles. The Morgan fingerprint density at radius 3 is 2.77 bits per heavy atom. The second kappa shape index (κ2) is 2.91. The van der Waals surface area contributed by atoms with Gasteiger partial charge in [-0.05, 0) is 32.4 Å². The molecule has 0 bridgehead atoms. The van der Waals surface area contributed by atoms with E-state index in [2.05, 4.69) is 6.92 Å². The van der Waals surface area contributed by atoms with E-state index in [-0.39, 0.29) is 5.91 Å². The highest BCUT2D eigenvalue weighted by Crippen LogP contribution is 2.20. The molecule has 70 valence electrons. The van der Waals surface area contributed by atoms with Crippen LogP contribution in [-0.2, 0) is 0 Å². The molecule has 1 aromatic rings. The average molecular weight is 179 g/mol. The minimum absolute atomic E-state index is 0.0202. The van der Waals surface area contributed by atoms with E-state index in [0.717, 1.165) is 18.7 Å². The number of hydrogen-bond acceptors (Lipinski definition) is 2. The number of likely N-dealkylation sites (tertiary alicyclic amines) is 1. The first kappa shape index (κ1) is 8.35. The van der Waals surface area contributed by atoms with Crippen LogP contribution in [0.1, 0.15) is 29.7 Å². The standard InChI is InChI=1S/C10H13NO2/c1-7-5-6-11(7)10(12)9-4-3-8(2)13-9/h3-4,7H,5-6H2,1-2H3. The van der Waals surface area contributed by atoms with Crippen LogP contribution in [0.4, 0.5) is 0 Å². The molecule has 1 amide bonds. The Kier molecular flexibility index (Phi) is 1.87. The van der Waals surface area contributed by atoms with Gasteiger partial charge in [0, 0.05) is 12.6 Å². The lowest BCUT2D eigenvalue weighted by Gasteiger charge is -2.37. The molecule has 1 saturated heterocycles. The number of hydrogen-bond donors (Lipinski definition) is 0. The number of amides is 1. The Balaban J connectivity index is 2.13. The molecule has 1 atom stereocenters. The molecule has 2 rings (SSSR count). The van der Waals surface area contributed by atoms with Gasteiger partial charge in [0.15, 0.2) is 5.76 Å². The van der Waals surface area contributed by atoms with E-state index in [4.69, 9.17) is 4.42 Å². The number of nitrogens with zero attached hydrogens (tertiary/aromatic N) is 1. The Bertz CT molecular complexity index is 329. The fourth-order valence-corrected chi connectivity index (χ4v) is 1.51. The number of rotatable bonds is 1. The number of carbonyl (C=O) groups excluding carboxylic acids is 1. The van der Waals surface area contributed by atoms with E-state index < -0.39 is 0 Å². The summed E-state index contributed by atoms with van der Waals surface area (Å²) in [6.07, 6.45) is 1.10. The molecule has 1 aliphatic heterocycles. The molecule has 3 nitrogen and oxygen atoms in total. The first-order chi connectivity index (χ1) is 6.18. The van der Waals surface area contributed by atoms with Crippen molar-refractivity contribution < 1.29 is 9.21 Å². The zero-order valence-electron chi connectivity index (χ0n) is 7.91. The Morgan fingerprint density at radius 1 is 1.62 bits per heavy atom. The summed E-state index contributed by atoms with van der Waals surface area (Å²) in [6.45, 7) is 4.76. The van der Waals surface area contributed by atoms with Crippen molar-refractivity contribution in [1.82, 2.24) is 4.90 Å². The monoisotopic (exact) mass is 179 g/mol. The zero-order valence-corrected chi connectivity index (χ0v) is 7.91. The molecular formula is C10H13NO2. The molecule has 13 heavy (non-hydrogen) atoms. The molecule has 0 radical (unpaired) electrons. The predicted octanol–water partition coefficient (Wildman–Crippen LogP) is 1.82. The lowest BCUT2D eigenvalue weighted by molar-refractivity contribution is 0.0468. The molecule has 1 unspecified atom stereocenters. The van der Waals surface area contributed by atoms with Crippen LogP contribution in [0.3, 0.4) is 0 Å². The van der Waals surface area contributed by atoms with Crippen LogP contribution < -0.4 is 0 Å². The summed E-state index contributed by atoms with van der Waals surface area (Å²) in [6, 6.07) is 3.93. The van der Waals surface area contributed by atoms with E-state index in [1.807, 2.05) is 17.9 Å². The Hall–Kier alpha value is -1.25. The molecular weight excluding hydrogens is 166 g/mol. The van der Waals surface area contributed by atoms with Crippen molar-refractivity contribution in [2.24, 2.45) is 0 Å². The highest BCUT2D eigenvalue weighted by molar-refractivity contribution is 5.92. The van der Waals surface area contributed by atoms with Gasteiger partial charge < -0.3 is 9.32 Å². The summed E-state index contributed by atoms with van der Waals surface area (Å²) in [5.41, 5.74) is 0. The fourth-order valence-electron chi connectivity index (χ4n) is 1.51. The predicted molar refractivity (Wildman–Crippen MR) is 48.6 cm³/mol. The third-order valence-corrected chi connectivity index (χ3v) is 2.53. The second-order valence-electron chi connectivity index (χ2n) is 3.55. The minimum Gasteiger partial charge on any atom is -0.456 e. The molecule has 1 aliphatic rings. The molecule has 0 N–H and O–H groups in total. The van der Waals surface area contributed by atoms with E-state index in [1.54, 1.807) is 6.07 Å². The van der Waals surface area contributed by atoms with Crippen LogP contribution in [0.5, 0.6) is 0 Å². The summed E-state index contributed by atoms with van der Waals surface area (Å²) < 4.78 is 5.26. The maximum Gasteiger partial charge on any atom is 0.289 e. The van der Waals surface area contributed by atoms with Gasteiger partial charge in [0.2, 0.25) is 0 Å². The maximum atomic E-state index is 11.7. The van der Waals surface area contributed by atoms with E-state index in [9.17, 15) is 4.79 Å². The van der Waals surface area contributed by atoms with Crippen molar-refractivity contribution in [2.45, 2.75) is 26.3 Å². The van der Waals surface area contributed by atoms with Crippen LogP contribution in [0.25, 0.3) is 0 Å². The summed E-state index contributed by atoms with van der Waals surface area (Å²) in [7, 11) is 0. The van der Waals surface area contributed by atoms with Gasteiger partial charge in [0.05, 0.1) is 0 Å². The average Bonchev–Trinajstić information content (AvgIpc) is 2.49. The Morgan fingerprint density at radius 2 is 2.38 bits per heavy atom. The van der Waals surface area contributed by atoms with Gasteiger partial charge in [-0.25, -0.2) is 0 Å². The zero-order chi connectivity index (χ0) is 9.42. The smallest absolute Gasteiger partial charge is 0.289 e. The quantitative estimate of drug-likeness (QED) is 0.659. The number of carbonyl (C=O) groups is 1. The normalized spacial score (nSPS) is 21.4. The summed E-state index contributed by atoms with van der Waals surface area (Å²) in [5, 5.41) is 0. The molecule has 2 heterocycles. The van der Waals surface area contributed by atoms with Crippen molar-refractivity contribution in [1.29, 1.82) is 0 Å². The van der Waals surface area contributed by atoms with Crippen LogP contribution in [0, 0.1) is 6.92 Å². The van der Waals surface area contributed by atoms with E-state index in [0.29, 0.717) is 11.8 Å². The van der Waals surface area contributed by atoms with Crippen molar-refractivity contribution >= 4 is 5.91 Å². The van der Waals surface area contributed by atoms with Crippen LogP contribution >= 0.6 is 0 Å². The molecule has 0 aliphatic carbocycles. The first-order valence-electron chi connectivity index (χ1n) is 4.56. The molecule has 0 spiro atoms. The van der Waals surface area contributed by atoms with Gasteiger partial charge in [0.1, 0.15) is 5.76 Å². The molecule has 0 aromatic carbocycles. The van der Waals surface area contributed by atoms with Crippen molar-refractivity contribution in [3.05, 3.63) is 23.7 Å². The van der Waals surface area contributed by atoms with Crippen LogP contribution in [0.15, 0.2) is 16.5 Å². The van der Waals surface area contributed by atoms with Gasteiger partial charge >= 0.3 is 0 Å². The third kappa shape index (κ3) is 1.34. The highest BCUT2D eigenvalue weighted by atomic mass is 16.3. The molecule has 1 fully saturated rings. The SMILES string of the molecule is Cc1ccc(C(=O)N2CCC2C)o1. The van der Waals surface area contributed by atoms with Crippen molar-refractivity contribution in [3.8, 4) is 0 Å². The number of aryl methyl sites for hydroxylation is 1. The van der Waals surface area contributed by atoms with E-state index in [1.165, 1.54) is 0 Å². The topological polar surface area (TPSA) is 33.5 Å². The Labute approximate surface area is 77.3 Å². The highest BCUT2D eigenvalue weighted by Gasteiger charge is 2.30. The summed E-state index contributed by atoms with van der Waals surface area (Å²) in [5.74, 6) is 1.27. The number of furan rings is 1. The van der Waals surface area contributed by atoms with Gasteiger partial charge in [-0.2, -0.15) is 0 Å². The van der Waals surface area contributed by atoms with Gasteiger partial charge in [-0.15, -0.1) is 0 Å². The van der Waals surface area contributed by atoms with E-state index >= 15 is 0 Å². The first-order valence-corrected chi connectivity index (χ1v) is 4.56. The lowest BCUT2D eigenvalue weighted by Crippen LogP contribution is -2.49. The minimum atomic E-state index is 0.0202. The largest absolute Gasteiger partial charge is 0.456 e. The van der Waals surface area contributed by atoms with Crippen molar-refractivity contribution in [3.63, 3.8) is 0 Å². The van der Waals surface area contributed by atoms with Crippen LogP contribution in [0.2, 0.25) is 0 Å². The van der Waals surface area contributed by atoms with Gasteiger partial charge in [-0.1, -0.05) is 0 Å². The van der Waals surface area contributed by atoms with Gasteiger partial charge in [-0.3, -0.25) is 4.79 Å². The third-order valence-electron chi connectivity index (χ3n) is 2.53. The lowest BCUT2D eigenvalue weighted by atomic mass is 10.1.